The SMILES string of the molecule is CC(C)C[C@H](NC(=O)CNC(=O)[C@H](Cc1ccc(O)cc1)NC(=O)[C@@H](N)CC(=O)O)C(=O)N[C@@H](Cc1ccc(O)cc1)C(=O)N1CCC[C@H]1C(=O)O. The molecule has 0 spiro atoms. The van der Waals surface area contributed by atoms with Crippen LogP contribution in [0.15, 0.2) is 48.5 Å². The molecular weight excluding hydrogens is 680 g/mol. The lowest BCUT2D eigenvalue weighted by Crippen LogP contribution is -2.57. The molecule has 2 aromatic rings. The zero-order valence-corrected chi connectivity index (χ0v) is 28.9. The van der Waals surface area contributed by atoms with Crippen LogP contribution in [-0.4, -0.2) is 110 Å². The van der Waals surface area contributed by atoms with E-state index in [-0.39, 0.29) is 49.6 Å². The summed E-state index contributed by atoms with van der Waals surface area (Å²) in [5, 5.41) is 48.0. The van der Waals surface area contributed by atoms with Crippen LogP contribution in [0, 0.1) is 5.92 Å². The quantitative estimate of drug-likeness (QED) is 0.0930. The number of hydrogen-bond acceptors (Lipinski definition) is 10. The van der Waals surface area contributed by atoms with Crippen LogP contribution in [0.2, 0.25) is 0 Å². The standard InChI is InChI=1S/C35H46N6O11/c1-19(2)14-25(33(49)40-27(16-21-7-11-23(43)12-8-21)34(50)41-13-3-4-28(41)35(51)52)38-29(44)18-37-32(48)26(15-20-5-9-22(42)10-6-20)39-31(47)24(36)17-30(45)46/h5-12,19,24-28,42-43H,3-4,13-18,36H2,1-2H3,(H,37,48)(H,38,44)(H,39,47)(H,40,49)(H,45,46)(H,51,52)/t24-,25-,26-,27-,28-/m0/s1. The predicted molar refractivity (Wildman–Crippen MR) is 184 cm³/mol. The van der Waals surface area contributed by atoms with E-state index in [4.69, 9.17) is 10.8 Å². The topological polar surface area (TPSA) is 278 Å². The van der Waals surface area contributed by atoms with E-state index in [9.17, 15) is 48.9 Å². The summed E-state index contributed by atoms with van der Waals surface area (Å²) in [5.41, 5.74) is 6.76. The van der Waals surface area contributed by atoms with Crippen LogP contribution < -0.4 is 27.0 Å². The van der Waals surface area contributed by atoms with Crippen LogP contribution in [0.4, 0.5) is 0 Å². The number of benzene rings is 2. The molecule has 282 valence electrons. The van der Waals surface area contributed by atoms with E-state index in [0.717, 1.165) is 0 Å². The zero-order chi connectivity index (χ0) is 38.5. The van der Waals surface area contributed by atoms with Gasteiger partial charge in [-0.3, -0.25) is 28.8 Å². The van der Waals surface area contributed by atoms with Gasteiger partial charge in [0.15, 0.2) is 0 Å². The van der Waals surface area contributed by atoms with Gasteiger partial charge in [-0.15, -0.1) is 0 Å². The summed E-state index contributed by atoms with van der Waals surface area (Å²) >= 11 is 0. The fraction of sp³-hybridized carbons (Fsp3) is 0.457. The lowest BCUT2D eigenvalue weighted by atomic mass is 10.0. The number of carboxylic acid groups (broad SMARTS) is 2. The number of aromatic hydroxyl groups is 2. The molecule has 1 saturated heterocycles. The van der Waals surface area contributed by atoms with E-state index in [0.29, 0.717) is 17.5 Å². The Labute approximate surface area is 299 Å². The number of carbonyl (C=O) groups excluding carboxylic acids is 5. The van der Waals surface area contributed by atoms with Gasteiger partial charge in [-0.25, -0.2) is 4.79 Å². The second-order valence-electron chi connectivity index (χ2n) is 13.1. The predicted octanol–water partition coefficient (Wildman–Crippen LogP) is -0.623. The Morgan fingerprint density at radius 2 is 1.31 bits per heavy atom. The van der Waals surface area contributed by atoms with Crippen LogP contribution in [0.5, 0.6) is 11.5 Å². The van der Waals surface area contributed by atoms with Gasteiger partial charge in [-0.2, -0.15) is 0 Å². The summed E-state index contributed by atoms with van der Waals surface area (Å²) in [6, 6.07) is 5.50. The maximum absolute atomic E-state index is 13.7. The number of rotatable bonds is 18. The molecule has 0 radical (unpaired) electrons. The third-order valence-corrected chi connectivity index (χ3v) is 8.33. The van der Waals surface area contributed by atoms with Crippen LogP contribution in [0.3, 0.4) is 0 Å². The molecule has 10 N–H and O–H groups in total. The zero-order valence-electron chi connectivity index (χ0n) is 28.9. The first kappa shape index (κ1) is 40.7. The van der Waals surface area contributed by atoms with Crippen molar-refractivity contribution in [3.8, 4) is 11.5 Å². The first-order chi connectivity index (χ1) is 24.5. The van der Waals surface area contributed by atoms with Crippen LogP contribution in [0.1, 0.15) is 50.7 Å². The number of nitrogens with one attached hydrogen (secondary N) is 4. The van der Waals surface area contributed by atoms with Crippen molar-refractivity contribution in [2.75, 3.05) is 13.1 Å². The molecule has 2 aromatic carbocycles. The highest BCUT2D eigenvalue weighted by Crippen LogP contribution is 2.21. The molecule has 17 heteroatoms. The van der Waals surface area contributed by atoms with Crippen molar-refractivity contribution in [2.24, 2.45) is 11.7 Å². The van der Waals surface area contributed by atoms with Crippen molar-refractivity contribution >= 4 is 41.5 Å². The number of aliphatic carboxylic acids is 2. The van der Waals surface area contributed by atoms with E-state index in [1.165, 1.54) is 41.3 Å². The smallest absolute Gasteiger partial charge is 0.326 e. The van der Waals surface area contributed by atoms with Crippen LogP contribution >= 0.6 is 0 Å². The number of amides is 5. The molecule has 0 aromatic heterocycles. The van der Waals surface area contributed by atoms with Gasteiger partial charge in [0, 0.05) is 19.4 Å². The number of nitrogens with two attached hydrogens (primary N) is 1. The molecule has 0 unspecified atom stereocenters. The Morgan fingerprint density at radius 3 is 1.83 bits per heavy atom. The lowest BCUT2D eigenvalue weighted by Gasteiger charge is -2.29. The third kappa shape index (κ3) is 12.6. The highest BCUT2D eigenvalue weighted by atomic mass is 16.4. The molecule has 1 fully saturated rings. The number of hydrogen-bond donors (Lipinski definition) is 9. The average Bonchev–Trinajstić information content (AvgIpc) is 3.58. The normalized spacial score (nSPS) is 16.2. The van der Waals surface area contributed by atoms with E-state index >= 15 is 0 Å². The summed E-state index contributed by atoms with van der Waals surface area (Å²) in [6.07, 6.45) is 0.0290. The summed E-state index contributed by atoms with van der Waals surface area (Å²) in [5.74, 6) is -6.50. The van der Waals surface area contributed by atoms with Gasteiger partial charge >= 0.3 is 11.9 Å². The largest absolute Gasteiger partial charge is 0.508 e. The lowest BCUT2D eigenvalue weighted by molar-refractivity contribution is -0.149. The third-order valence-electron chi connectivity index (χ3n) is 8.33. The molecule has 0 aliphatic carbocycles. The fourth-order valence-electron chi connectivity index (χ4n) is 5.70. The number of carboxylic acids is 2. The highest BCUT2D eigenvalue weighted by molar-refractivity contribution is 5.96. The molecular formula is C35H46N6O11. The number of phenols is 2. The van der Waals surface area contributed by atoms with Crippen molar-refractivity contribution in [2.45, 2.75) is 82.6 Å². The van der Waals surface area contributed by atoms with Gasteiger partial charge in [-0.1, -0.05) is 38.1 Å². The average molecular weight is 727 g/mol. The summed E-state index contributed by atoms with van der Waals surface area (Å²) in [6.45, 7) is 3.17. The first-order valence-corrected chi connectivity index (χ1v) is 16.8. The molecule has 3 rings (SSSR count). The van der Waals surface area contributed by atoms with Crippen LogP contribution in [0.25, 0.3) is 0 Å². The van der Waals surface area contributed by atoms with Gasteiger partial charge in [0.25, 0.3) is 0 Å². The number of likely N-dealkylation sites (tertiary alicyclic amines) is 1. The molecule has 1 aliphatic rings. The monoisotopic (exact) mass is 726 g/mol. The van der Waals surface area contributed by atoms with E-state index in [2.05, 4.69) is 21.3 Å². The Balaban J connectivity index is 1.73. The number of carbonyl (C=O) groups is 7. The molecule has 52 heavy (non-hydrogen) atoms. The Morgan fingerprint density at radius 1 is 0.769 bits per heavy atom. The summed E-state index contributed by atoms with van der Waals surface area (Å²) < 4.78 is 0. The van der Waals surface area contributed by atoms with Crippen molar-refractivity contribution in [1.82, 2.24) is 26.2 Å². The van der Waals surface area contributed by atoms with E-state index in [1.807, 2.05) is 0 Å². The molecule has 1 heterocycles. The molecule has 1 aliphatic heterocycles. The molecule has 17 nitrogen and oxygen atoms in total. The Hall–Kier alpha value is -5.71. The van der Waals surface area contributed by atoms with Crippen molar-refractivity contribution in [3.63, 3.8) is 0 Å². The molecule has 0 bridgehead atoms. The number of nitrogens with zero attached hydrogens (tertiary/aromatic N) is 1. The van der Waals surface area contributed by atoms with Crippen LogP contribution in [-0.2, 0) is 46.4 Å². The van der Waals surface area contributed by atoms with E-state index in [1.54, 1.807) is 26.0 Å². The number of phenolic OH excluding ortho intramolecular Hbond substituents is 2. The van der Waals surface area contributed by atoms with Gasteiger partial charge in [-0.05, 0) is 60.6 Å². The maximum Gasteiger partial charge on any atom is 0.326 e. The van der Waals surface area contributed by atoms with Gasteiger partial charge < -0.3 is 52.3 Å². The summed E-state index contributed by atoms with van der Waals surface area (Å²) in [7, 11) is 0. The maximum atomic E-state index is 13.7. The van der Waals surface area contributed by atoms with Crippen molar-refractivity contribution < 1.29 is 54.0 Å². The van der Waals surface area contributed by atoms with Gasteiger partial charge in [0.1, 0.15) is 35.7 Å². The second kappa shape index (κ2) is 19.1. The molecule has 5 amide bonds. The van der Waals surface area contributed by atoms with Gasteiger partial charge in [0.05, 0.1) is 19.0 Å². The minimum atomic E-state index is -1.46. The molecule has 5 atom stereocenters. The van der Waals surface area contributed by atoms with Crippen molar-refractivity contribution in [3.05, 3.63) is 59.7 Å². The Kier molecular flexibility index (Phi) is 14.9. The fourth-order valence-corrected chi connectivity index (χ4v) is 5.70. The Bertz CT molecular complexity index is 1600. The second-order valence-corrected chi connectivity index (χ2v) is 13.1. The molecule has 0 saturated carbocycles. The first-order valence-electron chi connectivity index (χ1n) is 16.8. The summed E-state index contributed by atoms with van der Waals surface area (Å²) in [4.78, 5) is 90.4. The minimum Gasteiger partial charge on any atom is -0.508 e. The van der Waals surface area contributed by atoms with Gasteiger partial charge in [0.2, 0.25) is 29.5 Å². The van der Waals surface area contributed by atoms with Crippen molar-refractivity contribution in [1.29, 1.82) is 0 Å². The highest BCUT2D eigenvalue weighted by Gasteiger charge is 2.38. The van der Waals surface area contributed by atoms with E-state index < -0.39 is 84.6 Å². The minimum absolute atomic E-state index is 0.0104.